The summed E-state index contributed by atoms with van der Waals surface area (Å²) < 4.78 is 1.40. The van der Waals surface area contributed by atoms with Crippen LogP contribution in [0.25, 0.3) is 0 Å². The fourth-order valence-corrected chi connectivity index (χ4v) is 2.39. The minimum Gasteiger partial charge on any atom is -0.0844 e. The van der Waals surface area contributed by atoms with E-state index in [2.05, 4.69) is 34.2 Å². The van der Waals surface area contributed by atoms with Crippen LogP contribution >= 0.6 is 15.9 Å². The van der Waals surface area contributed by atoms with Crippen LogP contribution in [0.3, 0.4) is 0 Å². The Balaban J connectivity index is 2.27. The largest absolute Gasteiger partial charge is 0.0844 e. The van der Waals surface area contributed by atoms with Crippen LogP contribution in [0, 0.1) is 11.8 Å². The van der Waals surface area contributed by atoms with E-state index in [1.54, 1.807) is 0 Å². The van der Waals surface area contributed by atoms with Crippen molar-refractivity contribution in [1.29, 1.82) is 0 Å². The minimum atomic E-state index is 0.748. The molecule has 2 aliphatic rings. The Hall–Kier alpha value is -0.0400. The van der Waals surface area contributed by atoms with Gasteiger partial charge < -0.3 is 0 Å². The summed E-state index contributed by atoms with van der Waals surface area (Å²) in [5.41, 5.74) is 0. The van der Waals surface area contributed by atoms with Gasteiger partial charge in [-0.2, -0.15) is 0 Å². The van der Waals surface area contributed by atoms with Crippen molar-refractivity contribution in [2.75, 3.05) is 0 Å². The second kappa shape index (κ2) is 1.98. The molecule has 0 saturated carbocycles. The van der Waals surface area contributed by atoms with Gasteiger partial charge in [-0.25, -0.2) is 0 Å². The molecule has 0 aromatic carbocycles. The molecule has 48 valence electrons. The highest BCUT2D eigenvalue weighted by Crippen LogP contribution is 2.37. The van der Waals surface area contributed by atoms with E-state index < -0.39 is 0 Å². The highest BCUT2D eigenvalue weighted by atomic mass is 79.9. The summed E-state index contributed by atoms with van der Waals surface area (Å²) in [5, 5.41) is 0. The summed E-state index contributed by atoms with van der Waals surface area (Å²) in [6.07, 6.45) is 9.57. The maximum atomic E-state index is 3.53. The Morgan fingerprint density at radius 3 is 3.11 bits per heavy atom. The average Bonchev–Trinajstić information content (AvgIpc) is 2.11. The van der Waals surface area contributed by atoms with Gasteiger partial charge in [0, 0.05) is 0 Å². The summed E-state index contributed by atoms with van der Waals surface area (Å²) in [6.45, 7) is 0. The van der Waals surface area contributed by atoms with E-state index in [0.29, 0.717) is 0 Å². The molecule has 0 aromatic rings. The molecule has 2 unspecified atom stereocenters. The van der Waals surface area contributed by atoms with Crippen molar-refractivity contribution < 1.29 is 0 Å². The zero-order valence-electron chi connectivity index (χ0n) is 5.18. The molecule has 0 radical (unpaired) electrons. The maximum absolute atomic E-state index is 3.53. The molecule has 0 nitrogen and oxygen atoms in total. The quantitative estimate of drug-likeness (QED) is 0.509. The van der Waals surface area contributed by atoms with Crippen molar-refractivity contribution in [2.45, 2.75) is 12.8 Å². The molecule has 9 heavy (non-hydrogen) atoms. The van der Waals surface area contributed by atoms with Gasteiger partial charge in [0.15, 0.2) is 0 Å². The van der Waals surface area contributed by atoms with Gasteiger partial charge in [-0.3, -0.25) is 0 Å². The molecule has 0 N–H and O–H groups in total. The Kier molecular flexibility index (Phi) is 1.26. The number of hydrogen-bond acceptors (Lipinski definition) is 0. The molecule has 0 spiro atoms. The monoisotopic (exact) mass is 184 g/mol. The summed E-state index contributed by atoms with van der Waals surface area (Å²) in [5.74, 6) is 1.59. The highest BCUT2D eigenvalue weighted by molar-refractivity contribution is 9.11. The predicted molar refractivity (Wildman–Crippen MR) is 42.4 cm³/mol. The molecule has 2 bridgehead atoms. The average molecular weight is 185 g/mol. The Bertz CT molecular complexity index is 179. The molecule has 2 atom stereocenters. The SMILES string of the molecule is BrC1=CC2C=CC(C1)C2. The van der Waals surface area contributed by atoms with Gasteiger partial charge in [-0.1, -0.05) is 34.2 Å². The van der Waals surface area contributed by atoms with E-state index >= 15 is 0 Å². The number of hydrogen-bond donors (Lipinski definition) is 0. The molecule has 0 fully saturated rings. The number of halogens is 1. The van der Waals surface area contributed by atoms with E-state index in [-0.39, 0.29) is 0 Å². The van der Waals surface area contributed by atoms with Crippen molar-refractivity contribution in [3.8, 4) is 0 Å². The third kappa shape index (κ3) is 0.983. The first-order valence-corrected chi connectivity index (χ1v) is 4.18. The predicted octanol–water partition coefficient (Wildman–Crippen LogP) is 2.86. The Morgan fingerprint density at radius 1 is 1.44 bits per heavy atom. The highest BCUT2D eigenvalue weighted by Gasteiger charge is 2.22. The van der Waals surface area contributed by atoms with Crippen molar-refractivity contribution in [3.05, 3.63) is 22.7 Å². The zero-order valence-corrected chi connectivity index (χ0v) is 6.76. The molecule has 0 saturated heterocycles. The molecule has 2 rings (SSSR count). The van der Waals surface area contributed by atoms with Crippen LogP contribution in [0.1, 0.15) is 12.8 Å². The van der Waals surface area contributed by atoms with Crippen molar-refractivity contribution >= 4 is 15.9 Å². The molecule has 2 aliphatic carbocycles. The topological polar surface area (TPSA) is 0 Å². The molecule has 0 aliphatic heterocycles. The Morgan fingerprint density at radius 2 is 2.33 bits per heavy atom. The van der Waals surface area contributed by atoms with E-state index in [0.717, 1.165) is 11.8 Å². The van der Waals surface area contributed by atoms with Gasteiger partial charge >= 0.3 is 0 Å². The zero-order chi connectivity index (χ0) is 6.27. The van der Waals surface area contributed by atoms with E-state index in [1.807, 2.05) is 0 Å². The summed E-state index contributed by atoms with van der Waals surface area (Å²) in [7, 11) is 0. The van der Waals surface area contributed by atoms with Gasteiger partial charge in [0.05, 0.1) is 0 Å². The minimum absolute atomic E-state index is 0.748. The van der Waals surface area contributed by atoms with E-state index in [9.17, 15) is 0 Å². The van der Waals surface area contributed by atoms with Gasteiger partial charge in [-0.15, -0.1) is 0 Å². The number of fused-ring (bicyclic) bond motifs is 2. The molecule has 0 aromatic heterocycles. The second-order valence-corrected chi connectivity index (χ2v) is 3.88. The molecule has 0 heterocycles. The van der Waals surface area contributed by atoms with Gasteiger partial charge in [-0.05, 0) is 29.2 Å². The summed E-state index contributed by atoms with van der Waals surface area (Å²) in [6, 6.07) is 0. The first kappa shape index (κ1) is 5.72. The Labute approximate surface area is 63.8 Å². The number of rotatable bonds is 0. The van der Waals surface area contributed by atoms with Crippen LogP contribution in [-0.2, 0) is 0 Å². The maximum Gasteiger partial charge on any atom is -0.00367 e. The summed E-state index contributed by atoms with van der Waals surface area (Å²) in [4.78, 5) is 0. The fourth-order valence-electron chi connectivity index (χ4n) is 1.63. The van der Waals surface area contributed by atoms with Crippen molar-refractivity contribution in [2.24, 2.45) is 11.8 Å². The van der Waals surface area contributed by atoms with Crippen LogP contribution in [0.4, 0.5) is 0 Å². The van der Waals surface area contributed by atoms with Crippen LogP contribution in [0.2, 0.25) is 0 Å². The fraction of sp³-hybridized carbons (Fsp3) is 0.500. The van der Waals surface area contributed by atoms with Crippen LogP contribution in [-0.4, -0.2) is 0 Å². The normalized spacial score (nSPS) is 39.0. The smallest absolute Gasteiger partial charge is 0.00367 e. The molecule has 1 heteroatoms. The lowest BCUT2D eigenvalue weighted by molar-refractivity contribution is 0.557. The van der Waals surface area contributed by atoms with Crippen molar-refractivity contribution in [3.63, 3.8) is 0 Å². The van der Waals surface area contributed by atoms with Gasteiger partial charge in [0.1, 0.15) is 0 Å². The van der Waals surface area contributed by atoms with Crippen LogP contribution < -0.4 is 0 Å². The van der Waals surface area contributed by atoms with Gasteiger partial charge in [0.25, 0.3) is 0 Å². The first-order chi connectivity index (χ1) is 4.34. The van der Waals surface area contributed by atoms with Crippen LogP contribution in [0.15, 0.2) is 22.7 Å². The van der Waals surface area contributed by atoms with Crippen LogP contribution in [0.5, 0.6) is 0 Å². The van der Waals surface area contributed by atoms with E-state index in [4.69, 9.17) is 0 Å². The number of allylic oxidation sites excluding steroid dienone is 4. The van der Waals surface area contributed by atoms with E-state index in [1.165, 1.54) is 17.3 Å². The molecular formula is C8H9Br. The van der Waals surface area contributed by atoms with Gasteiger partial charge in [0.2, 0.25) is 0 Å². The standard InChI is InChI=1S/C8H9Br/c9-8-4-6-1-2-7(3-6)5-8/h1-2,4,6-7H,3,5H2. The third-order valence-electron chi connectivity index (χ3n) is 2.06. The van der Waals surface area contributed by atoms with Crippen molar-refractivity contribution in [1.82, 2.24) is 0 Å². The second-order valence-electron chi connectivity index (χ2n) is 2.86. The lowest BCUT2D eigenvalue weighted by Crippen LogP contribution is -2.01. The summed E-state index contributed by atoms with van der Waals surface area (Å²) >= 11 is 3.53. The first-order valence-electron chi connectivity index (χ1n) is 3.39. The lowest BCUT2D eigenvalue weighted by Gasteiger charge is -2.14. The lowest BCUT2D eigenvalue weighted by atomic mass is 9.94. The molecular weight excluding hydrogens is 176 g/mol. The molecule has 0 amide bonds. The third-order valence-corrected chi connectivity index (χ3v) is 2.65.